The molecular formula is C22H43NO4Si. The van der Waals surface area contributed by atoms with Gasteiger partial charge in [0, 0.05) is 19.4 Å². The number of amides is 1. The summed E-state index contributed by atoms with van der Waals surface area (Å²) >= 11 is 0. The minimum atomic E-state index is -1.79. The van der Waals surface area contributed by atoms with Crippen LogP contribution in [0.3, 0.4) is 0 Å². The quantitative estimate of drug-likeness (QED) is 0.262. The van der Waals surface area contributed by atoms with Crippen molar-refractivity contribution in [2.24, 2.45) is 0 Å². The van der Waals surface area contributed by atoms with E-state index in [2.05, 4.69) is 38.8 Å². The minimum Gasteiger partial charge on any atom is -0.463 e. The van der Waals surface area contributed by atoms with E-state index in [-0.39, 0.29) is 29.1 Å². The van der Waals surface area contributed by atoms with Crippen LogP contribution in [0.25, 0.3) is 0 Å². The SMILES string of the molecule is CC(C)OC(=O)CCCCCCN1C(=O)CCC[C@@H]1CO[Si](C)(C)C(C)(C)C. The Bertz CT molecular complexity index is 499. The highest BCUT2D eigenvalue weighted by Crippen LogP contribution is 2.37. The molecule has 28 heavy (non-hydrogen) atoms. The van der Waals surface area contributed by atoms with Crippen molar-refractivity contribution in [2.75, 3.05) is 13.2 Å². The number of likely N-dealkylation sites (tertiary alicyclic amines) is 1. The van der Waals surface area contributed by atoms with Crippen LogP contribution in [0.15, 0.2) is 0 Å². The fraction of sp³-hybridized carbons (Fsp3) is 0.909. The van der Waals surface area contributed by atoms with E-state index in [1.54, 1.807) is 0 Å². The van der Waals surface area contributed by atoms with Crippen molar-refractivity contribution in [1.82, 2.24) is 4.90 Å². The molecule has 1 saturated heterocycles. The lowest BCUT2D eigenvalue weighted by Crippen LogP contribution is -2.50. The highest BCUT2D eigenvalue weighted by atomic mass is 28.4. The molecule has 1 rings (SSSR count). The number of nitrogens with zero attached hydrogens (tertiary/aromatic N) is 1. The standard InChI is InChI=1S/C22H43NO4Si/c1-18(2)27-21(25)15-10-8-9-11-16-23-19(13-12-14-20(23)24)17-26-28(6,7)22(3,4)5/h18-19H,8-17H2,1-7H3/t19-/m1/s1. The third-order valence-corrected chi connectivity index (χ3v) is 10.5. The fourth-order valence-electron chi connectivity index (χ4n) is 3.22. The lowest BCUT2D eigenvalue weighted by atomic mass is 10.0. The van der Waals surface area contributed by atoms with Crippen LogP contribution < -0.4 is 0 Å². The third kappa shape index (κ3) is 8.64. The molecule has 1 aliphatic heterocycles. The summed E-state index contributed by atoms with van der Waals surface area (Å²) in [5.74, 6) is 0.166. The van der Waals surface area contributed by atoms with Crippen molar-refractivity contribution >= 4 is 20.2 Å². The van der Waals surface area contributed by atoms with Crippen molar-refractivity contribution in [3.05, 3.63) is 0 Å². The van der Waals surface area contributed by atoms with Gasteiger partial charge in [0.25, 0.3) is 0 Å². The molecular weight excluding hydrogens is 370 g/mol. The van der Waals surface area contributed by atoms with Crippen LogP contribution in [0.1, 0.15) is 86.0 Å². The zero-order valence-electron chi connectivity index (χ0n) is 19.3. The van der Waals surface area contributed by atoms with Crippen LogP contribution in [-0.2, 0) is 18.8 Å². The second kappa shape index (κ2) is 11.3. The summed E-state index contributed by atoms with van der Waals surface area (Å²) in [6.07, 6.45) is 7.01. The highest BCUT2D eigenvalue weighted by Gasteiger charge is 2.38. The molecule has 1 heterocycles. The molecule has 1 aliphatic rings. The van der Waals surface area contributed by atoms with Gasteiger partial charge in [-0.05, 0) is 57.7 Å². The Labute approximate surface area is 173 Å². The predicted molar refractivity (Wildman–Crippen MR) is 117 cm³/mol. The summed E-state index contributed by atoms with van der Waals surface area (Å²) in [4.78, 5) is 26.1. The molecule has 0 radical (unpaired) electrons. The van der Waals surface area contributed by atoms with E-state index in [1.807, 2.05) is 13.8 Å². The number of carbonyl (C=O) groups is 2. The van der Waals surface area contributed by atoms with Gasteiger partial charge in [0.05, 0.1) is 18.8 Å². The second-order valence-corrected chi connectivity index (χ2v) is 14.7. The molecule has 1 amide bonds. The molecule has 164 valence electrons. The van der Waals surface area contributed by atoms with Gasteiger partial charge in [-0.2, -0.15) is 0 Å². The topological polar surface area (TPSA) is 55.8 Å². The Morgan fingerprint density at radius 2 is 1.82 bits per heavy atom. The number of carbonyl (C=O) groups excluding carboxylic acids is 2. The normalized spacial score (nSPS) is 18.6. The number of esters is 1. The molecule has 0 aromatic rings. The largest absolute Gasteiger partial charge is 0.463 e. The van der Waals surface area contributed by atoms with Gasteiger partial charge in [-0.3, -0.25) is 9.59 Å². The summed E-state index contributed by atoms with van der Waals surface area (Å²) in [6, 6.07) is 0.219. The van der Waals surface area contributed by atoms with Crippen LogP contribution in [0.4, 0.5) is 0 Å². The van der Waals surface area contributed by atoms with Gasteiger partial charge in [-0.25, -0.2) is 0 Å². The summed E-state index contributed by atoms with van der Waals surface area (Å²) in [7, 11) is -1.79. The van der Waals surface area contributed by atoms with E-state index in [0.717, 1.165) is 45.1 Å². The van der Waals surface area contributed by atoms with Crippen molar-refractivity contribution in [1.29, 1.82) is 0 Å². The van der Waals surface area contributed by atoms with E-state index in [9.17, 15) is 9.59 Å². The number of hydrogen-bond acceptors (Lipinski definition) is 4. The Morgan fingerprint density at radius 3 is 2.43 bits per heavy atom. The first-order valence-electron chi connectivity index (χ1n) is 11.1. The summed E-state index contributed by atoms with van der Waals surface area (Å²) in [6.45, 7) is 16.5. The first-order valence-corrected chi connectivity index (χ1v) is 14.0. The fourth-order valence-corrected chi connectivity index (χ4v) is 4.26. The monoisotopic (exact) mass is 413 g/mol. The molecule has 0 aromatic carbocycles. The van der Waals surface area contributed by atoms with E-state index in [0.29, 0.717) is 19.4 Å². The maximum Gasteiger partial charge on any atom is 0.306 e. The molecule has 6 heteroatoms. The smallest absolute Gasteiger partial charge is 0.306 e. The van der Waals surface area contributed by atoms with Crippen LogP contribution in [0.2, 0.25) is 18.1 Å². The average molecular weight is 414 g/mol. The number of rotatable bonds is 11. The van der Waals surface area contributed by atoms with Gasteiger partial charge < -0.3 is 14.1 Å². The summed E-state index contributed by atoms with van der Waals surface area (Å²) in [5.41, 5.74) is 0. The second-order valence-electron chi connectivity index (χ2n) is 9.91. The molecule has 0 unspecified atom stereocenters. The van der Waals surface area contributed by atoms with E-state index in [4.69, 9.17) is 9.16 Å². The number of hydrogen-bond donors (Lipinski definition) is 0. The van der Waals surface area contributed by atoms with Crippen LogP contribution in [0.5, 0.6) is 0 Å². The van der Waals surface area contributed by atoms with Crippen molar-refractivity contribution in [3.8, 4) is 0 Å². The first kappa shape index (κ1) is 25.2. The molecule has 1 fully saturated rings. The highest BCUT2D eigenvalue weighted by molar-refractivity contribution is 6.74. The van der Waals surface area contributed by atoms with Crippen molar-refractivity contribution in [2.45, 2.75) is 116 Å². The van der Waals surface area contributed by atoms with Gasteiger partial charge in [0.15, 0.2) is 8.32 Å². The average Bonchev–Trinajstić information content (AvgIpc) is 2.56. The van der Waals surface area contributed by atoms with Crippen LogP contribution in [-0.4, -0.2) is 50.4 Å². The molecule has 0 saturated carbocycles. The molecule has 0 spiro atoms. The van der Waals surface area contributed by atoms with Gasteiger partial charge in [-0.15, -0.1) is 0 Å². The molecule has 0 bridgehead atoms. The van der Waals surface area contributed by atoms with E-state index in [1.165, 1.54) is 0 Å². The number of unbranched alkanes of at least 4 members (excludes halogenated alkanes) is 3. The molecule has 5 nitrogen and oxygen atoms in total. The predicted octanol–water partition coefficient (Wildman–Crippen LogP) is 5.29. The Kier molecular flexibility index (Phi) is 10.2. The summed E-state index contributed by atoms with van der Waals surface area (Å²) < 4.78 is 11.6. The Hall–Kier alpha value is -0.883. The minimum absolute atomic E-state index is 0.0388. The lowest BCUT2D eigenvalue weighted by Gasteiger charge is -2.41. The zero-order valence-corrected chi connectivity index (χ0v) is 20.3. The van der Waals surface area contributed by atoms with E-state index >= 15 is 0 Å². The Balaban J connectivity index is 2.38. The maximum absolute atomic E-state index is 12.5. The third-order valence-electron chi connectivity index (χ3n) is 6.03. The van der Waals surface area contributed by atoms with Crippen molar-refractivity contribution in [3.63, 3.8) is 0 Å². The Morgan fingerprint density at radius 1 is 1.18 bits per heavy atom. The van der Waals surface area contributed by atoms with Crippen LogP contribution in [0, 0.1) is 0 Å². The zero-order chi connectivity index (χ0) is 21.4. The number of piperidine rings is 1. The van der Waals surface area contributed by atoms with E-state index < -0.39 is 8.32 Å². The van der Waals surface area contributed by atoms with Gasteiger partial charge in [-0.1, -0.05) is 33.6 Å². The molecule has 1 atom stereocenters. The molecule has 0 aliphatic carbocycles. The van der Waals surface area contributed by atoms with Gasteiger partial charge >= 0.3 is 5.97 Å². The maximum atomic E-state index is 12.5. The number of ether oxygens (including phenoxy) is 1. The van der Waals surface area contributed by atoms with Crippen molar-refractivity contribution < 1.29 is 18.8 Å². The molecule has 0 aromatic heterocycles. The lowest BCUT2D eigenvalue weighted by molar-refractivity contribution is -0.147. The summed E-state index contributed by atoms with van der Waals surface area (Å²) in [5, 5.41) is 0.188. The molecule has 0 N–H and O–H groups in total. The van der Waals surface area contributed by atoms with Gasteiger partial charge in [0.1, 0.15) is 0 Å². The van der Waals surface area contributed by atoms with Gasteiger partial charge in [0.2, 0.25) is 5.91 Å². The first-order chi connectivity index (χ1) is 12.9. The van der Waals surface area contributed by atoms with Crippen LogP contribution >= 0.6 is 0 Å².